The number of para-hydroxylation sites is 1. The van der Waals surface area contributed by atoms with Crippen LogP contribution in [0.3, 0.4) is 0 Å². The maximum absolute atomic E-state index is 13.2. The topological polar surface area (TPSA) is 85.9 Å². The van der Waals surface area contributed by atoms with Gasteiger partial charge in [-0.15, -0.1) is 0 Å². The summed E-state index contributed by atoms with van der Waals surface area (Å²) in [4.78, 5) is 25.7. The number of urea groups is 1. The molecule has 0 aromatic heterocycles. The van der Waals surface area contributed by atoms with Crippen molar-refractivity contribution in [3.05, 3.63) is 70.4 Å². The van der Waals surface area contributed by atoms with Gasteiger partial charge < -0.3 is 24.8 Å². The van der Waals surface area contributed by atoms with Crippen LogP contribution < -0.4 is 20.1 Å². The van der Waals surface area contributed by atoms with E-state index in [1.165, 1.54) is 0 Å². The van der Waals surface area contributed by atoms with Crippen molar-refractivity contribution >= 4 is 12.0 Å². The van der Waals surface area contributed by atoms with Crippen molar-refractivity contribution in [3.8, 4) is 11.5 Å². The van der Waals surface area contributed by atoms with Gasteiger partial charge >= 0.3 is 12.0 Å². The molecule has 0 fully saturated rings. The van der Waals surface area contributed by atoms with Crippen LogP contribution in [0.4, 0.5) is 4.79 Å². The van der Waals surface area contributed by atoms with Crippen LogP contribution in [-0.2, 0) is 16.1 Å². The predicted molar refractivity (Wildman–Crippen MR) is 126 cm³/mol. The Balaban J connectivity index is 2.09. The summed E-state index contributed by atoms with van der Waals surface area (Å²) < 4.78 is 17.3. The summed E-state index contributed by atoms with van der Waals surface area (Å²) in [6.45, 7) is 9.75. The number of esters is 1. The predicted octanol–water partition coefficient (Wildman–Crippen LogP) is 4.80. The average Bonchev–Trinajstić information content (AvgIpc) is 2.76. The first-order valence-electron chi connectivity index (χ1n) is 11.1. The number of benzene rings is 2. The lowest BCUT2D eigenvalue weighted by atomic mass is 9.90. The number of nitrogens with one attached hydrogen (secondary N) is 2. The third-order valence-electron chi connectivity index (χ3n) is 5.25. The normalized spacial score (nSPS) is 15.9. The lowest BCUT2D eigenvalue weighted by Crippen LogP contribution is -2.47. The molecule has 7 heteroatoms. The molecule has 1 unspecified atom stereocenters. The Morgan fingerprint density at radius 1 is 1.09 bits per heavy atom. The van der Waals surface area contributed by atoms with Gasteiger partial charge in [0.2, 0.25) is 0 Å². The molecule has 2 aromatic rings. The van der Waals surface area contributed by atoms with E-state index in [2.05, 4.69) is 10.6 Å². The summed E-state index contributed by atoms with van der Waals surface area (Å²) in [5, 5.41) is 5.67. The van der Waals surface area contributed by atoms with E-state index >= 15 is 0 Å². The molecule has 1 heterocycles. The molecule has 0 radical (unpaired) electrons. The summed E-state index contributed by atoms with van der Waals surface area (Å²) >= 11 is 0. The Morgan fingerprint density at radius 3 is 2.45 bits per heavy atom. The van der Waals surface area contributed by atoms with E-state index in [0.717, 1.165) is 11.1 Å². The van der Waals surface area contributed by atoms with E-state index in [0.29, 0.717) is 34.9 Å². The largest absolute Gasteiger partial charge is 0.493 e. The molecule has 2 amide bonds. The lowest BCUT2D eigenvalue weighted by Gasteiger charge is -2.32. The van der Waals surface area contributed by atoms with Crippen molar-refractivity contribution in [2.24, 2.45) is 5.92 Å². The van der Waals surface area contributed by atoms with Crippen molar-refractivity contribution in [1.29, 1.82) is 0 Å². The van der Waals surface area contributed by atoms with Crippen molar-refractivity contribution in [1.82, 2.24) is 10.6 Å². The molecular weight excluding hydrogens is 420 g/mol. The second-order valence-electron chi connectivity index (χ2n) is 8.62. The summed E-state index contributed by atoms with van der Waals surface area (Å²) in [7, 11) is 1.56. The smallest absolute Gasteiger partial charge is 0.338 e. The number of methoxy groups -OCH3 is 1. The van der Waals surface area contributed by atoms with Crippen LogP contribution in [0.2, 0.25) is 0 Å². The van der Waals surface area contributed by atoms with Gasteiger partial charge in [0.1, 0.15) is 6.61 Å². The van der Waals surface area contributed by atoms with Crippen molar-refractivity contribution in [2.75, 3.05) is 7.11 Å². The van der Waals surface area contributed by atoms with Crippen LogP contribution in [0.15, 0.2) is 53.7 Å². The number of carbonyl (C=O) groups is 2. The Morgan fingerprint density at radius 2 is 1.82 bits per heavy atom. The number of aryl methyl sites for hydroxylation is 1. The van der Waals surface area contributed by atoms with Crippen LogP contribution in [0.5, 0.6) is 11.5 Å². The van der Waals surface area contributed by atoms with Crippen molar-refractivity contribution in [2.45, 2.75) is 53.4 Å². The number of carbonyl (C=O) groups excluding carboxylic acids is 2. The van der Waals surface area contributed by atoms with Crippen LogP contribution in [0.25, 0.3) is 0 Å². The van der Waals surface area contributed by atoms with Gasteiger partial charge in [-0.25, -0.2) is 9.59 Å². The minimum absolute atomic E-state index is 0.101. The molecule has 3 rings (SSSR count). The van der Waals surface area contributed by atoms with E-state index in [1.807, 2.05) is 57.2 Å². The SMILES string of the molecule is COc1cccc(C2NC(=O)NC(C(C)C)=C2C(=O)OC(C)C)c1OCc1cccc(C)c1. The molecule has 0 spiro atoms. The van der Waals surface area contributed by atoms with Gasteiger partial charge in [-0.05, 0) is 38.3 Å². The standard InChI is InChI=1S/C26H32N2O5/c1-15(2)22-21(25(29)33-16(3)4)23(28-26(30)27-22)19-11-8-12-20(31-6)24(19)32-14-18-10-7-9-17(5)13-18/h7-13,15-16,23H,14H2,1-6H3,(H2,27,28,30). The third kappa shape index (κ3) is 5.66. The highest BCUT2D eigenvalue weighted by molar-refractivity contribution is 5.95. The van der Waals surface area contributed by atoms with Gasteiger partial charge in [0.15, 0.2) is 11.5 Å². The van der Waals surface area contributed by atoms with E-state index in [9.17, 15) is 9.59 Å². The summed E-state index contributed by atoms with van der Waals surface area (Å²) in [6.07, 6.45) is -0.306. The zero-order valence-corrected chi connectivity index (χ0v) is 20.0. The molecule has 2 aromatic carbocycles. The highest BCUT2D eigenvalue weighted by atomic mass is 16.5. The van der Waals surface area contributed by atoms with E-state index in [4.69, 9.17) is 14.2 Å². The van der Waals surface area contributed by atoms with Crippen LogP contribution in [0, 0.1) is 12.8 Å². The second kappa shape index (κ2) is 10.4. The molecule has 0 saturated carbocycles. The summed E-state index contributed by atoms with van der Waals surface area (Å²) in [5.41, 5.74) is 3.63. The number of hydrogen-bond acceptors (Lipinski definition) is 5. The molecule has 33 heavy (non-hydrogen) atoms. The third-order valence-corrected chi connectivity index (χ3v) is 5.25. The van der Waals surface area contributed by atoms with Gasteiger partial charge in [-0.2, -0.15) is 0 Å². The number of hydrogen-bond donors (Lipinski definition) is 2. The van der Waals surface area contributed by atoms with Gasteiger partial charge in [0.25, 0.3) is 0 Å². The zero-order valence-electron chi connectivity index (χ0n) is 20.0. The molecule has 7 nitrogen and oxygen atoms in total. The first kappa shape index (κ1) is 24.2. The van der Waals surface area contributed by atoms with E-state index in [-0.39, 0.29) is 12.0 Å². The highest BCUT2D eigenvalue weighted by Gasteiger charge is 2.37. The molecule has 0 aliphatic carbocycles. The first-order valence-corrected chi connectivity index (χ1v) is 11.1. The van der Waals surface area contributed by atoms with Gasteiger partial charge in [0, 0.05) is 11.3 Å². The molecule has 0 bridgehead atoms. The minimum atomic E-state index is -0.759. The second-order valence-corrected chi connectivity index (χ2v) is 8.62. The molecule has 1 aliphatic rings. The quantitative estimate of drug-likeness (QED) is 0.562. The molecule has 1 atom stereocenters. The van der Waals surface area contributed by atoms with Crippen LogP contribution in [0.1, 0.15) is 50.4 Å². The molecule has 0 saturated heterocycles. The number of allylic oxidation sites excluding steroid dienone is 1. The Labute approximate surface area is 195 Å². The van der Waals surface area contributed by atoms with E-state index < -0.39 is 18.0 Å². The molecule has 2 N–H and O–H groups in total. The number of amides is 2. The van der Waals surface area contributed by atoms with Crippen LogP contribution in [-0.4, -0.2) is 25.2 Å². The first-order chi connectivity index (χ1) is 15.7. The maximum Gasteiger partial charge on any atom is 0.338 e. The fraction of sp³-hybridized carbons (Fsp3) is 0.385. The van der Waals surface area contributed by atoms with Crippen molar-refractivity contribution < 1.29 is 23.8 Å². The number of rotatable bonds is 8. The lowest BCUT2D eigenvalue weighted by molar-refractivity contribution is -0.143. The average molecular weight is 453 g/mol. The maximum atomic E-state index is 13.2. The Bertz CT molecular complexity index is 1060. The monoisotopic (exact) mass is 452 g/mol. The molecule has 176 valence electrons. The van der Waals surface area contributed by atoms with Gasteiger partial charge in [-0.1, -0.05) is 55.8 Å². The van der Waals surface area contributed by atoms with Gasteiger partial charge in [-0.3, -0.25) is 0 Å². The zero-order chi connectivity index (χ0) is 24.1. The van der Waals surface area contributed by atoms with Crippen LogP contribution >= 0.6 is 0 Å². The fourth-order valence-corrected chi connectivity index (χ4v) is 3.81. The Hall–Kier alpha value is -3.48. The highest BCUT2D eigenvalue weighted by Crippen LogP contribution is 2.40. The molecular formula is C26H32N2O5. The summed E-state index contributed by atoms with van der Waals surface area (Å²) in [6, 6.07) is 12.3. The van der Waals surface area contributed by atoms with E-state index in [1.54, 1.807) is 27.0 Å². The molecule has 1 aliphatic heterocycles. The minimum Gasteiger partial charge on any atom is -0.493 e. The van der Waals surface area contributed by atoms with Gasteiger partial charge in [0.05, 0.1) is 24.8 Å². The Kier molecular flexibility index (Phi) is 7.63. The van der Waals surface area contributed by atoms with Crippen molar-refractivity contribution in [3.63, 3.8) is 0 Å². The fourth-order valence-electron chi connectivity index (χ4n) is 3.81. The summed E-state index contributed by atoms with van der Waals surface area (Å²) in [5.74, 6) is 0.386. The number of ether oxygens (including phenoxy) is 3.